The van der Waals surface area contributed by atoms with Gasteiger partial charge in [0, 0.05) is 10.6 Å². The van der Waals surface area contributed by atoms with Crippen LogP contribution in [-0.4, -0.2) is 37.8 Å². The first-order valence-corrected chi connectivity index (χ1v) is 10.8. The lowest BCUT2D eigenvalue weighted by Gasteiger charge is -2.20. The predicted molar refractivity (Wildman–Crippen MR) is 125 cm³/mol. The van der Waals surface area contributed by atoms with Crippen molar-refractivity contribution in [3.63, 3.8) is 0 Å². The largest absolute Gasteiger partial charge is 0.492 e. The Labute approximate surface area is 195 Å². The van der Waals surface area contributed by atoms with Crippen LogP contribution in [0.3, 0.4) is 0 Å². The van der Waals surface area contributed by atoms with Crippen LogP contribution in [0.1, 0.15) is 36.7 Å². The van der Waals surface area contributed by atoms with Crippen LogP contribution in [0.25, 0.3) is 0 Å². The third-order valence-electron chi connectivity index (χ3n) is 4.25. The first-order valence-electron chi connectivity index (χ1n) is 9.66. The van der Waals surface area contributed by atoms with Crippen molar-refractivity contribution in [2.24, 2.45) is 11.0 Å². The Bertz CT molecular complexity index is 966. The average Bonchev–Trinajstić information content (AvgIpc) is 2.71. The molecular weight excluding hydrogens is 486 g/mol. The van der Waals surface area contributed by atoms with Crippen LogP contribution in [0, 0.1) is 5.92 Å². The summed E-state index contributed by atoms with van der Waals surface area (Å²) in [5, 5.41) is 7.20. The van der Waals surface area contributed by atoms with Crippen LogP contribution in [0.4, 0.5) is 0 Å². The summed E-state index contributed by atoms with van der Waals surface area (Å²) in [6.45, 7) is 6.02. The van der Waals surface area contributed by atoms with Crippen LogP contribution in [0.5, 0.6) is 11.5 Å². The lowest BCUT2D eigenvalue weighted by Crippen LogP contribution is -2.48. The Morgan fingerprint density at radius 3 is 2.61 bits per heavy atom. The van der Waals surface area contributed by atoms with E-state index in [-0.39, 0.29) is 11.8 Å². The van der Waals surface area contributed by atoms with Gasteiger partial charge in [-0.25, -0.2) is 5.43 Å². The lowest BCUT2D eigenvalue weighted by molar-refractivity contribution is -0.123. The molecule has 0 aliphatic heterocycles. The first-order chi connectivity index (χ1) is 14.8. The molecule has 1 unspecified atom stereocenters. The van der Waals surface area contributed by atoms with Crippen molar-refractivity contribution >= 4 is 45.6 Å². The van der Waals surface area contributed by atoms with E-state index in [4.69, 9.17) is 21.1 Å². The lowest BCUT2D eigenvalue weighted by atomic mass is 10.0. The van der Waals surface area contributed by atoms with Crippen molar-refractivity contribution in [2.45, 2.75) is 26.8 Å². The molecule has 2 aromatic carbocycles. The number of benzene rings is 2. The van der Waals surface area contributed by atoms with E-state index in [0.29, 0.717) is 38.7 Å². The fourth-order valence-electron chi connectivity index (χ4n) is 2.75. The standard InChI is InChI=1S/C22H25BrClN3O4/c1-5-31-18-10-14(9-17(23)20(18)30-4)12-25-27-22(29)19(13(2)3)26-21(28)15-7-6-8-16(24)11-15/h6-13,19H,5H2,1-4H3,(H,26,28)(H,27,29)/b25-12+. The summed E-state index contributed by atoms with van der Waals surface area (Å²) >= 11 is 9.37. The highest BCUT2D eigenvalue weighted by Crippen LogP contribution is 2.36. The molecule has 0 spiro atoms. The Kier molecular flexibility index (Phi) is 9.33. The summed E-state index contributed by atoms with van der Waals surface area (Å²) in [5.41, 5.74) is 3.55. The molecule has 9 heteroatoms. The van der Waals surface area contributed by atoms with Crippen molar-refractivity contribution in [1.29, 1.82) is 0 Å². The summed E-state index contributed by atoms with van der Waals surface area (Å²) in [5.74, 6) is 0.158. The monoisotopic (exact) mass is 509 g/mol. The second kappa shape index (κ2) is 11.7. The van der Waals surface area contributed by atoms with Gasteiger partial charge in [0.2, 0.25) is 0 Å². The minimum atomic E-state index is -0.773. The summed E-state index contributed by atoms with van der Waals surface area (Å²) < 4.78 is 11.6. The molecule has 0 fully saturated rings. The zero-order chi connectivity index (χ0) is 23.0. The number of rotatable bonds is 9. The Balaban J connectivity index is 2.09. The number of nitrogens with one attached hydrogen (secondary N) is 2. The van der Waals surface area contributed by atoms with Crippen LogP contribution >= 0.6 is 27.5 Å². The molecule has 2 rings (SSSR count). The fraction of sp³-hybridized carbons (Fsp3) is 0.318. The summed E-state index contributed by atoms with van der Waals surface area (Å²) in [6, 6.07) is 9.30. The van der Waals surface area contributed by atoms with Gasteiger partial charge in [0.25, 0.3) is 11.8 Å². The SMILES string of the molecule is CCOc1cc(/C=N/NC(=O)C(NC(=O)c2cccc(Cl)c2)C(C)C)cc(Br)c1OC. The van der Waals surface area contributed by atoms with Gasteiger partial charge in [-0.1, -0.05) is 31.5 Å². The molecule has 0 aliphatic carbocycles. The van der Waals surface area contributed by atoms with Gasteiger partial charge in [-0.05, 0) is 64.7 Å². The number of hydrogen-bond donors (Lipinski definition) is 2. The topological polar surface area (TPSA) is 89.0 Å². The van der Waals surface area contributed by atoms with Gasteiger partial charge in [-0.2, -0.15) is 5.10 Å². The number of hydrazone groups is 1. The van der Waals surface area contributed by atoms with E-state index in [2.05, 4.69) is 31.8 Å². The number of methoxy groups -OCH3 is 1. The van der Waals surface area contributed by atoms with Crippen molar-refractivity contribution in [3.05, 3.63) is 57.0 Å². The van der Waals surface area contributed by atoms with E-state index in [0.717, 1.165) is 0 Å². The van der Waals surface area contributed by atoms with E-state index in [1.165, 1.54) is 6.21 Å². The van der Waals surface area contributed by atoms with Crippen molar-refractivity contribution in [3.8, 4) is 11.5 Å². The molecule has 31 heavy (non-hydrogen) atoms. The number of ether oxygens (including phenoxy) is 2. The fourth-order valence-corrected chi connectivity index (χ4v) is 3.56. The van der Waals surface area contributed by atoms with Gasteiger partial charge in [-0.15, -0.1) is 0 Å². The molecule has 0 radical (unpaired) electrons. The van der Waals surface area contributed by atoms with E-state index >= 15 is 0 Å². The molecule has 166 valence electrons. The molecule has 0 aliphatic rings. The molecule has 0 saturated carbocycles. The second-order valence-electron chi connectivity index (χ2n) is 6.91. The van der Waals surface area contributed by atoms with Gasteiger partial charge >= 0.3 is 0 Å². The third-order valence-corrected chi connectivity index (χ3v) is 5.07. The normalized spacial score (nSPS) is 12.0. The summed E-state index contributed by atoms with van der Waals surface area (Å²) in [7, 11) is 1.56. The zero-order valence-corrected chi connectivity index (χ0v) is 20.1. The molecule has 2 amide bonds. The van der Waals surface area contributed by atoms with Crippen LogP contribution in [0.15, 0.2) is 46.0 Å². The van der Waals surface area contributed by atoms with Crippen molar-refractivity contribution in [1.82, 2.24) is 10.7 Å². The number of hydrogen-bond acceptors (Lipinski definition) is 5. The Morgan fingerprint density at radius 1 is 1.26 bits per heavy atom. The highest BCUT2D eigenvalue weighted by Gasteiger charge is 2.24. The molecule has 7 nitrogen and oxygen atoms in total. The number of amides is 2. The summed E-state index contributed by atoms with van der Waals surface area (Å²) in [4.78, 5) is 25.1. The first kappa shape index (κ1) is 24.7. The van der Waals surface area contributed by atoms with Gasteiger partial charge in [-0.3, -0.25) is 9.59 Å². The minimum absolute atomic E-state index is 0.155. The highest BCUT2D eigenvalue weighted by atomic mass is 79.9. The van der Waals surface area contributed by atoms with Gasteiger partial charge < -0.3 is 14.8 Å². The molecule has 0 heterocycles. The maximum Gasteiger partial charge on any atom is 0.262 e. The second-order valence-corrected chi connectivity index (χ2v) is 8.20. The number of nitrogens with zero attached hydrogens (tertiary/aromatic N) is 1. The maximum absolute atomic E-state index is 12.6. The van der Waals surface area contributed by atoms with E-state index in [9.17, 15) is 9.59 Å². The third kappa shape index (κ3) is 6.97. The van der Waals surface area contributed by atoms with E-state index < -0.39 is 11.9 Å². The molecule has 1 atom stereocenters. The maximum atomic E-state index is 12.6. The molecule has 2 N–H and O–H groups in total. The van der Waals surface area contributed by atoms with E-state index in [1.807, 2.05) is 20.8 Å². The van der Waals surface area contributed by atoms with Crippen LogP contribution < -0.4 is 20.2 Å². The molecule has 2 aromatic rings. The number of carbonyl (C=O) groups is 2. The Hall–Kier alpha value is -2.58. The van der Waals surface area contributed by atoms with E-state index in [1.54, 1.807) is 43.5 Å². The van der Waals surface area contributed by atoms with Gasteiger partial charge in [0.15, 0.2) is 11.5 Å². The molecule has 0 aromatic heterocycles. The van der Waals surface area contributed by atoms with Crippen LogP contribution in [-0.2, 0) is 4.79 Å². The minimum Gasteiger partial charge on any atom is -0.492 e. The zero-order valence-electron chi connectivity index (χ0n) is 17.7. The highest BCUT2D eigenvalue weighted by molar-refractivity contribution is 9.10. The molecule has 0 saturated heterocycles. The quantitative estimate of drug-likeness (QED) is 0.386. The van der Waals surface area contributed by atoms with Crippen LogP contribution in [0.2, 0.25) is 5.02 Å². The van der Waals surface area contributed by atoms with Crippen molar-refractivity contribution < 1.29 is 19.1 Å². The summed E-state index contributed by atoms with van der Waals surface area (Å²) in [6.07, 6.45) is 1.49. The van der Waals surface area contributed by atoms with Crippen molar-refractivity contribution in [2.75, 3.05) is 13.7 Å². The smallest absolute Gasteiger partial charge is 0.262 e. The van der Waals surface area contributed by atoms with Gasteiger partial charge in [0.1, 0.15) is 6.04 Å². The van der Waals surface area contributed by atoms with Gasteiger partial charge in [0.05, 0.1) is 24.4 Å². The molecular formula is C22H25BrClN3O4. The average molecular weight is 511 g/mol. The predicted octanol–water partition coefficient (Wildman–Crippen LogP) is 4.41. The number of carbonyl (C=O) groups excluding carboxylic acids is 2. The Morgan fingerprint density at radius 2 is 2.00 bits per heavy atom. The number of halogens is 2. The molecule has 0 bridgehead atoms.